The molecule has 0 radical (unpaired) electrons. The summed E-state index contributed by atoms with van der Waals surface area (Å²) in [4.78, 5) is 35.9. The molecule has 1 atom stereocenters. The molecule has 8 heteroatoms. The van der Waals surface area contributed by atoms with E-state index < -0.39 is 30.4 Å². The molecule has 30 heavy (non-hydrogen) atoms. The quantitative estimate of drug-likeness (QED) is 0.512. The second-order valence-corrected chi connectivity index (χ2v) is 6.15. The molecule has 0 spiro atoms. The molecule has 0 saturated carbocycles. The number of carbonyl (C=O) groups excluding carboxylic acids is 3. The fraction of sp³-hybridized carbons (Fsp3) is 0.182. The molecule has 2 aromatic carbocycles. The number of anilines is 1. The summed E-state index contributed by atoms with van der Waals surface area (Å²) in [5.74, 6) is -1.13. The van der Waals surface area contributed by atoms with Gasteiger partial charge in [0.25, 0.3) is 5.91 Å². The van der Waals surface area contributed by atoms with Crippen molar-refractivity contribution in [3.63, 3.8) is 0 Å². The number of ether oxygens (including phenoxy) is 2. The summed E-state index contributed by atoms with van der Waals surface area (Å²) in [5, 5.41) is 14.0. The second-order valence-electron chi connectivity index (χ2n) is 6.15. The predicted molar refractivity (Wildman–Crippen MR) is 110 cm³/mol. The van der Waals surface area contributed by atoms with Crippen LogP contribution in [0.1, 0.15) is 18.1 Å². The lowest BCUT2D eigenvalue weighted by atomic mass is 10.2. The van der Waals surface area contributed by atoms with Gasteiger partial charge in [-0.25, -0.2) is 4.79 Å². The maximum Gasteiger partial charge on any atom is 0.328 e. The molecule has 0 aliphatic carbocycles. The highest BCUT2D eigenvalue weighted by Crippen LogP contribution is 2.13. The Morgan fingerprint density at radius 3 is 2.50 bits per heavy atom. The van der Waals surface area contributed by atoms with Gasteiger partial charge < -0.3 is 20.1 Å². The second kappa shape index (κ2) is 11.0. The number of amides is 2. The third kappa shape index (κ3) is 6.80. The number of rotatable bonds is 8. The van der Waals surface area contributed by atoms with Crippen molar-refractivity contribution in [3.8, 4) is 11.8 Å². The molecule has 0 heterocycles. The van der Waals surface area contributed by atoms with Gasteiger partial charge in [0, 0.05) is 6.08 Å². The van der Waals surface area contributed by atoms with Crippen molar-refractivity contribution in [2.45, 2.75) is 13.0 Å². The van der Waals surface area contributed by atoms with Crippen molar-refractivity contribution >= 4 is 29.5 Å². The number of carbonyl (C=O) groups is 3. The number of esters is 1. The number of hydrogen-bond acceptors (Lipinski definition) is 6. The van der Waals surface area contributed by atoms with Gasteiger partial charge in [0.1, 0.15) is 17.9 Å². The van der Waals surface area contributed by atoms with Crippen molar-refractivity contribution in [2.75, 3.05) is 19.0 Å². The molecule has 2 rings (SSSR count). The number of nitrogens with zero attached hydrogens (tertiary/aromatic N) is 1. The zero-order valence-electron chi connectivity index (χ0n) is 16.5. The Kier molecular flexibility index (Phi) is 8.15. The van der Waals surface area contributed by atoms with Crippen LogP contribution in [-0.4, -0.2) is 37.5 Å². The molecule has 0 aliphatic rings. The summed E-state index contributed by atoms with van der Waals surface area (Å²) in [6.07, 6.45) is 2.88. The van der Waals surface area contributed by atoms with E-state index in [1.807, 2.05) is 6.07 Å². The maximum absolute atomic E-state index is 12.0. The Morgan fingerprint density at radius 1 is 1.13 bits per heavy atom. The van der Waals surface area contributed by atoms with E-state index in [4.69, 9.17) is 14.7 Å². The van der Waals surface area contributed by atoms with Gasteiger partial charge in [0.05, 0.1) is 18.4 Å². The Labute approximate surface area is 174 Å². The molecule has 0 bridgehead atoms. The van der Waals surface area contributed by atoms with Crippen molar-refractivity contribution in [3.05, 3.63) is 65.7 Å². The average molecular weight is 407 g/mol. The van der Waals surface area contributed by atoms with Crippen LogP contribution < -0.4 is 15.4 Å². The average Bonchev–Trinajstić information content (AvgIpc) is 2.76. The summed E-state index contributed by atoms with van der Waals surface area (Å²) in [6, 6.07) is 14.5. The van der Waals surface area contributed by atoms with Gasteiger partial charge in [-0.1, -0.05) is 24.3 Å². The summed E-state index contributed by atoms with van der Waals surface area (Å²) in [7, 11) is 1.56. The number of nitrogens with one attached hydrogen (secondary N) is 2. The lowest BCUT2D eigenvalue weighted by Gasteiger charge is -2.12. The van der Waals surface area contributed by atoms with Gasteiger partial charge in [-0.15, -0.1) is 0 Å². The summed E-state index contributed by atoms with van der Waals surface area (Å²) in [6.45, 7) is 0.908. The maximum atomic E-state index is 12.0. The first-order valence-corrected chi connectivity index (χ1v) is 9.01. The van der Waals surface area contributed by atoms with Crippen LogP contribution in [0.2, 0.25) is 0 Å². The Hall–Kier alpha value is -4.12. The highest BCUT2D eigenvalue weighted by Gasteiger charge is 2.17. The molecule has 154 valence electrons. The molecular formula is C22H21N3O5. The molecule has 0 unspecified atom stereocenters. The lowest BCUT2D eigenvalue weighted by molar-refractivity contribution is -0.149. The molecule has 0 aromatic heterocycles. The van der Waals surface area contributed by atoms with Crippen LogP contribution in [0.15, 0.2) is 54.6 Å². The third-order valence-corrected chi connectivity index (χ3v) is 3.92. The van der Waals surface area contributed by atoms with Gasteiger partial charge in [0.2, 0.25) is 5.91 Å². The van der Waals surface area contributed by atoms with E-state index in [-0.39, 0.29) is 0 Å². The monoisotopic (exact) mass is 407 g/mol. The molecule has 0 saturated heterocycles. The Balaban J connectivity index is 1.79. The molecule has 8 nitrogen and oxygen atoms in total. The molecule has 0 fully saturated rings. The highest BCUT2D eigenvalue weighted by atomic mass is 16.5. The van der Waals surface area contributed by atoms with E-state index in [9.17, 15) is 14.4 Å². The first kappa shape index (κ1) is 22.2. The fourth-order valence-corrected chi connectivity index (χ4v) is 2.34. The minimum Gasteiger partial charge on any atom is -0.497 e. The first-order chi connectivity index (χ1) is 14.4. The van der Waals surface area contributed by atoms with Gasteiger partial charge in [-0.05, 0) is 42.8 Å². The normalized spacial score (nSPS) is 11.2. The topological polar surface area (TPSA) is 118 Å². The van der Waals surface area contributed by atoms with Crippen molar-refractivity contribution in [1.29, 1.82) is 5.26 Å². The van der Waals surface area contributed by atoms with Gasteiger partial charge in [0.15, 0.2) is 6.61 Å². The van der Waals surface area contributed by atoms with Crippen molar-refractivity contribution < 1.29 is 23.9 Å². The third-order valence-electron chi connectivity index (χ3n) is 3.92. The van der Waals surface area contributed by atoms with E-state index in [0.29, 0.717) is 17.0 Å². The summed E-state index contributed by atoms with van der Waals surface area (Å²) in [5.41, 5.74) is 1.41. The van der Waals surface area contributed by atoms with Gasteiger partial charge in [-0.2, -0.15) is 5.26 Å². The molecular weight excluding hydrogens is 386 g/mol. The van der Waals surface area contributed by atoms with Gasteiger partial charge >= 0.3 is 5.97 Å². The predicted octanol–water partition coefficient (Wildman–Crippen LogP) is 2.27. The minimum atomic E-state index is -0.947. The van der Waals surface area contributed by atoms with Crippen LogP contribution >= 0.6 is 0 Å². The number of benzene rings is 2. The molecule has 2 N–H and O–H groups in total. The van der Waals surface area contributed by atoms with Crippen molar-refractivity contribution in [1.82, 2.24) is 5.32 Å². The van der Waals surface area contributed by atoms with Crippen molar-refractivity contribution in [2.24, 2.45) is 0 Å². The minimum absolute atomic E-state index is 0.293. The number of methoxy groups -OCH3 is 1. The van der Waals surface area contributed by atoms with E-state index in [2.05, 4.69) is 10.6 Å². The summed E-state index contributed by atoms with van der Waals surface area (Å²) >= 11 is 0. The zero-order valence-corrected chi connectivity index (χ0v) is 16.5. The smallest absolute Gasteiger partial charge is 0.328 e. The van der Waals surface area contributed by atoms with Crippen LogP contribution in [0.25, 0.3) is 6.08 Å². The lowest BCUT2D eigenvalue weighted by Crippen LogP contribution is -2.39. The highest BCUT2D eigenvalue weighted by molar-refractivity contribution is 5.96. The molecule has 2 amide bonds. The fourth-order valence-electron chi connectivity index (χ4n) is 2.34. The molecule has 0 aliphatic heterocycles. The molecule has 2 aromatic rings. The van der Waals surface area contributed by atoms with Crippen LogP contribution in [0.5, 0.6) is 5.75 Å². The van der Waals surface area contributed by atoms with E-state index >= 15 is 0 Å². The van der Waals surface area contributed by atoms with E-state index in [1.165, 1.54) is 13.0 Å². The number of nitriles is 1. The first-order valence-electron chi connectivity index (χ1n) is 9.01. The van der Waals surface area contributed by atoms with Crippen LogP contribution in [0.3, 0.4) is 0 Å². The van der Waals surface area contributed by atoms with E-state index in [0.717, 1.165) is 5.56 Å². The zero-order chi connectivity index (χ0) is 21.9. The van der Waals surface area contributed by atoms with Crippen LogP contribution in [-0.2, 0) is 19.1 Å². The van der Waals surface area contributed by atoms with Crippen LogP contribution in [0, 0.1) is 11.3 Å². The van der Waals surface area contributed by atoms with E-state index in [1.54, 1.807) is 61.7 Å². The van der Waals surface area contributed by atoms with Gasteiger partial charge in [-0.3, -0.25) is 9.59 Å². The Bertz CT molecular complexity index is 977. The van der Waals surface area contributed by atoms with Crippen LogP contribution in [0.4, 0.5) is 5.69 Å². The number of para-hydroxylation sites is 1. The Morgan fingerprint density at radius 2 is 1.83 bits per heavy atom. The summed E-state index contributed by atoms with van der Waals surface area (Å²) < 4.78 is 9.97. The SMILES string of the molecule is COc1ccc(/C=C/C(=O)N[C@@H](C)C(=O)OCC(=O)Nc2ccccc2C#N)cc1. The standard InChI is InChI=1S/C22H21N3O5/c1-15(24-20(26)12-9-16-7-10-18(29-2)11-8-16)22(28)30-14-21(27)25-19-6-4-3-5-17(19)13-23/h3-12,15H,14H2,1-2H3,(H,24,26)(H,25,27)/b12-9+/t15-/m0/s1. The largest absolute Gasteiger partial charge is 0.497 e. The number of hydrogen-bond donors (Lipinski definition) is 2.